The van der Waals surface area contributed by atoms with Crippen LogP contribution in [0.1, 0.15) is 6.92 Å². The largest absolute Gasteiger partial charge is 0.470 e. The van der Waals surface area contributed by atoms with Crippen LogP contribution in [0.4, 0.5) is 0 Å². The van der Waals surface area contributed by atoms with E-state index in [0.29, 0.717) is 0 Å². The smallest absolute Gasteiger partial charge is 0.361 e. The van der Waals surface area contributed by atoms with E-state index in [2.05, 4.69) is 4.52 Å². The molecule has 0 saturated carbocycles. The molecule has 0 bridgehead atoms. The van der Waals surface area contributed by atoms with E-state index in [1.807, 2.05) is 0 Å². The van der Waals surface area contributed by atoms with Gasteiger partial charge in [0, 0.05) is 0 Å². The highest BCUT2D eigenvalue weighted by molar-refractivity contribution is 7.24. The number of carbonyl (C=O) groups is 1. The molecule has 0 saturated heterocycles. The molecule has 0 amide bonds. The molecule has 0 rings (SSSR count). The Morgan fingerprint density at radius 3 is 2.22 bits per heavy atom. The summed E-state index contributed by atoms with van der Waals surface area (Å²) in [5.74, 6) is -0.741. The van der Waals surface area contributed by atoms with Crippen molar-refractivity contribution in [3.63, 3.8) is 0 Å². The zero-order valence-corrected chi connectivity index (χ0v) is 5.50. The van der Waals surface area contributed by atoms with Gasteiger partial charge in [-0.15, -0.1) is 0 Å². The summed E-state index contributed by atoms with van der Waals surface area (Å²) in [6.45, 7) is 1.02. The summed E-state index contributed by atoms with van der Waals surface area (Å²) in [7, 11) is -3.14. The van der Waals surface area contributed by atoms with Gasteiger partial charge < -0.3 is 5.11 Å². The zero-order valence-electron chi connectivity index (χ0n) is 4.60. The molecule has 0 fully saturated rings. The van der Waals surface area contributed by atoms with Crippen LogP contribution >= 0.6 is 7.91 Å². The number of rotatable bonds is 3. The molecule has 0 aromatic carbocycles. The lowest BCUT2D eigenvalue weighted by Crippen LogP contribution is -2.16. The third-order valence-corrected chi connectivity index (χ3v) is 0.906. The molecule has 1 atom stereocenters. The van der Waals surface area contributed by atoms with Gasteiger partial charge in [-0.25, -0.2) is 13.7 Å². The first-order valence-electron chi connectivity index (χ1n) is 2.03. The molecule has 0 aliphatic carbocycles. The number of aliphatic hydroxyl groups excluding tert-OH is 1. The maximum atomic E-state index is 10.0. The Morgan fingerprint density at radius 1 is 1.67 bits per heavy atom. The highest BCUT2D eigenvalue weighted by atomic mass is 31.1. The standard InChI is InChI=1S/C3H5O5P/c1-2(4)3(5)8-9(6)7/h3,5H,1H3. The van der Waals surface area contributed by atoms with Crippen LogP contribution in [-0.2, 0) is 18.4 Å². The molecule has 0 aromatic heterocycles. The van der Waals surface area contributed by atoms with Crippen molar-refractivity contribution in [2.24, 2.45) is 0 Å². The van der Waals surface area contributed by atoms with Crippen LogP contribution in [0.2, 0.25) is 0 Å². The fourth-order valence-corrected chi connectivity index (χ4v) is 0.467. The Morgan fingerprint density at radius 2 is 2.11 bits per heavy atom. The van der Waals surface area contributed by atoms with Crippen molar-refractivity contribution in [1.29, 1.82) is 0 Å². The summed E-state index contributed by atoms with van der Waals surface area (Å²) in [6, 6.07) is 0. The summed E-state index contributed by atoms with van der Waals surface area (Å²) in [4.78, 5) is 10.0. The van der Waals surface area contributed by atoms with Crippen molar-refractivity contribution in [3.05, 3.63) is 0 Å². The van der Waals surface area contributed by atoms with E-state index < -0.39 is 20.0 Å². The van der Waals surface area contributed by atoms with E-state index in [1.54, 1.807) is 0 Å². The molecule has 1 unspecified atom stereocenters. The second-order valence-corrected chi connectivity index (χ2v) is 1.95. The number of Topliss-reactive ketones (excluding diaryl/α,β-unsaturated/α-hetero) is 1. The molecule has 0 radical (unpaired) electrons. The van der Waals surface area contributed by atoms with E-state index in [0.717, 1.165) is 6.92 Å². The van der Waals surface area contributed by atoms with Gasteiger partial charge >= 0.3 is 7.91 Å². The van der Waals surface area contributed by atoms with Crippen molar-refractivity contribution >= 4 is 13.7 Å². The minimum absolute atomic E-state index is 0.741. The summed E-state index contributed by atoms with van der Waals surface area (Å²) in [5, 5.41) is 8.34. The van der Waals surface area contributed by atoms with Gasteiger partial charge in [0.2, 0.25) is 6.29 Å². The van der Waals surface area contributed by atoms with Gasteiger partial charge in [0.15, 0.2) is 5.78 Å². The number of hydrogen-bond acceptors (Lipinski definition) is 5. The molecule has 9 heavy (non-hydrogen) atoms. The number of ketones is 1. The molecule has 6 heteroatoms. The molecule has 52 valence electrons. The number of carbonyl (C=O) groups excluding carboxylic acids is 1. The van der Waals surface area contributed by atoms with Crippen LogP contribution in [0.25, 0.3) is 0 Å². The molecule has 0 aromatic rings. The Kier molecular flexibility index (Phi) is 3.30. The molecular weight excluding hydrogens is 147 g/mol. The SMILES string of the molecule is CC(=O)C(O)OP(=O)=O. The van der Waals surface area contributed by atoms with Crippen LogP contribution in [-0.4, -0.2) is 17.2 Å². The van der Waals surface area contributed by atoms with Gasteiger partial charge in [0.1, 0.15) is 0 Å². The second kappa shape index (κ2) is 3.50. The lowest BCUT2D eigenvalue weighted by atomic mass is 10.4. The topological polar surface area (TPSA) is 80.7 Å². The van der Waals surface area contributed by atoms with Crippen LogP contribution in [0.3, 0.4) is 0 Å². The highest BCUT2D eigenvalue weighted by Crippen LogP contribution is 2.07. The lowest BCUT2D eigenvalue weighted by molar-refractivity contribution is -0.138. The quantitative estimate of drug-likeness (QED) is 0.454. The Balaban J connectivity index is 3.77. The number of aliphatic hydroxyl groups is 1. The summed E-state index contributed by atoms with van der Waals surface area (Å²) < 4.78 is 22.9. The normalized spacial score (nSPS) is 12.7. The Hall–Kier alpha value is -0.510. The molecule has 1 N–H and O–H groups in total. The van der Waals surface area contributed by atoms with E-state index in [4.69, 9.17) is 5.11 Å². The average molecular weight is 152 g/mol. The molecule has 5 nitrogen and oxygen atoms in total. The maximum Gasteiger partial charge on any atom is 0.470 e. The fourth-order valence-electron chi connectivity index (χ4n) is 0.156. The van der Waals surface area contributed by atoms with Crippen molar-refractivity contribution in [2.75, 3.05) is 0 Å². The van der Waals surface area contributed by atoms with Crippen LogP contribution in [0.5, 0.6) is 0 Å². The summed E-state index contributed by atoms with van der Waals surface area (Å²) in [6.07, 6.45) is -1.84. The number of hydrogen-bond donors (Lipinski definition) is 1. The first kappa shape index (κ1) is 8.49. The van der Waals surface area contributed by atoms with Gasteiger partial charge in [0.05, 0.1) is 0 Å². The van der Waals surface area contributed by atoms with Crippen molar-refractivity contribution in [2.45, 2.75) is 13.2 Å². The first-order valence-corrected chi connectivity index (χ1v) is 3.13. The van der Waals surface area contributed by atoms with E-state index in [9.17, 15) is 13.9 Å². The summed E-state index contributed by atoms with van der Waals surface area (Å²) in [5.41, 5.74) is 0. The molecule has 0 spiro atoms. The summed E-state index contributed by atoms with van der Waals surface area (Å²) >= 11 is 0. The van der Waals surface area contributed by atoms with Gasteiger partial charge in [-0.3, -0.25) is 4.79 Å². The highest BCUT2D eigenvalue weighted by Gasteiger charge is 2.11. The van der Waals surface area contributed by atoms with Crippen LogP contribution in [0, 0.1) is 0 Å². The van der Waals surface area contributed by atoms with Crippen molar-refractivity contribution < 1.29 is 23.6 Å². The lowest BCUT2D eigenvalue weighted by Gasteiger charge is -1.97. The predicted octanol–water partition coefficient (Wildman–Crippen LogP) is -0.00170. The fraction of sp³-hybridized carbons (Fsp3) is 0.667. The van der Waals surface area contributed by atoms with Crippen LogP contribution < -0.4 is 0 Å². The van der Waals surface area contributed by atoms with Gasteiger partial charge in [-0.1, -0.05) is 0 Å². The average Bonchev–Trinajstić information content (AvgIpc) is 1.63. The first-order chi connectivity index (χ1) is 4.04. The zero-order chi connectivity index (χ0) is 7.44. The molecule has 0 aliphatic heterocycles. The van der Waals surface area contributed by atoms with Gasteiger partial charge in [0.25, 0.3) is 0 Å². The predicted molar refractivity (Wildman–Crippen MR) is 26.1 cm³/mol. The van der Waals surface area contributed by atoms with Crippen LogP contribution in [0.15, 0.2) is 0 Å². The van der Waals surface area contributed by atoms with Crippen molar-refractivity contribution in [1.82, 2.24) is 0 Å². The third-order valence-electron chi connectivity index (χ3n) is 0.534. The third kappa shape index (κ3) is 4.02. The Labute approximate surface area is 51.5 Å². The van der Waals surface area contributed by atoms with E-state index >= 15 is 0 Å². The minimum Gasteiger partial charge on any atom is -0.361 e. The van der Waals surface area contributed by atoms with E-state index in [1.165, 1.54) is 0 Å². The molecule has 0 aliphatic rings. The van der Waals surface area contributed by atoms with Crippen molar-refractivity contribution in [3.8, 4) is 0 Å². The van der Waals surface area contributed by atoms with Gasteiger partial charge in [-0.05, 0) is 6.92 Å². The Bertz CT molecular complexity index is 163. The monoisotopic (exact) mass is 152 g/mol. The molecular formula is C3H5O5P. The maximum absolute atomic E-state index is 10.0. The molecule has 0 heterocycles. The minimum atomic E-state index is -3.14. The van der Waals surface area contributed by atoms with Gasteiger partial charge in [-0.2, -0.15) is 0 Å². The second-order valence-electron chi connectivity index (χ2n) is 1.29. The van der Waals surface area contributed by atoms with E-state index in [-0.39, 0.29) is 0 Å².